The molecule has 6 nitrogen and oxygen atoms in total. The number of carbonyl (C=O) groups excluding carboxylic acids is 1. The molecule has 0 spiro atoms. The van der Waals surface area contributed by atoms with Crippen LogP contribution >= 0.6 is 0 Å². The Labute approximate surface area is 119 Å². The highest BCUT2D eigenvalue weighted by Crippen LogP contribution is 2.30. The van der Waals surface area contributed by atoms with Crippen molar-refractivity contribution >= 4 is 5.91 Å². The molecule has 1 saturated heterocycles. The lowest BCUT2D eigenvalue weighted by atomic mass is 10.0. The highest BCUT2D eigenvalue weighted by molar-refractivity contribution is 5.77. The van der Waals surface area contributed by atoms with E-state index in [0.29, 0.717) is 17.8 Å². The van der Waals surface area contributed by atoms with Gasteiger partial charge in [-0.15, -0.1) is 10.2 Å². The van der Waals surface area contributed by atoms with E-state index in [9.17, 15) is 4.79 Å². The molecular weight excluding hydrogens is 256 g/mol. The summed E-state index contributed by atoms with van der Waals surface area (Å²) in [5, 5.41) is 7.64. The van der Waals surface area contributed by atoms with E-state index in [1.807, 2.05) is 11.9 Å². The van der Waals surface area contributed by atoms with Gasteiger partial charge < -0.3 is 14.2 Å². The van der Waals surface area contributed by atoms with Crippen molar-refractivity contribution in [2.45, 2.75) is 51.1 Å². The summed E-state index contributed by atoms with van der Waals surface area (Å²) < 4.78 is 5.27. The van der Waals surface area contributed by atoms with Gasteiger partial charge in [-0.05, 0) is 25.7 Å². The first-order valence-electron chi connectivity index (χ1n) is 7.42. The molecule has 2 aliphatic rings. The van der Waals surface area contributed by atoms with Gasteiger partial charge in [0.05, 0.1) is 0 Å². The molecule has 1 aromatic rings. The molecule has 1 aliphatic heterocycles. The molecule has 1 saturated carbocycles. The summed E-state index contributed by atoms with van der Waals surface area (Å²) in [4.78, 5) is 16.7. The number of hydrogen-bond donors (Lipinski definition) is 0. The lowest BCUT2D eigenvalue weighted by Gasteiger charge is -2.36. The Morgan fingerprint density at radius 3 is 2.55 bits per heavy atom. The Morgan fingerprint density at radius 1 is 1.30 bits per heavy atom. The summed E-state index contributed by atoms with van der Waals surface area (Å²) in [5.41, 5.74) is 0. The zero-order valence-electron chi connectivity index (χ0n) is 12.2. The van der Waals surface area contributed by atoms with Gasteiger partial charge in [0.2, 0.25) is 17.7 Å². The van der Waals surface area contributed by atoms with Crippen molar-refractivity contribution in [2.24, 2.45) is 0 Å². The highest BCUT2D eigenvalue weighted by Gasteiger charge is 2.33. The third-order valence-electron chi connectivity index (χ3n) is 4.37. The van der Waals surface area contributed by atoms with Crippen molar-refractivity contribution in [2.75, 3.05) is 20.1 Å². The quantitative estimate of drug-likeness (QED) is 0.822. The van der Waals surface area contributed by atoms with Crippen LogP contribution in [0.4, 0.5) is 0 Å². The molecule has 2 fully saturated rings. The molecule has 0 N–H and O–H groups in total. The van der Waals surface area contributed by atoms with Gasteiger partial charge in [-0.25, -0.2) is 0 Å². The van der Waals surface area contributed by atoms with Crippen LogP contribution in [0.1, 0.15) is 37.5 Å². The fourth-order valence-corrected chi connectivity index (χ4v) is 2.94. The third kappa shape index (κ3) is 3.00. The molecule has 110 valence electrons. The molecule has 3 rings (SSSR count). The van der Waals surface area contributed by atoms with Crippen molar-refractivity contribution in [1.82, 2.24) is 20.0 Å². The van der Waals surface area contributed by atoms with Crippen molar-refractivity contribution in [3.63, 3.8) is 0 Å². The molecule has 0 radical (unpaired) electrons. The maximum absolute atomic E-state index is 12.2. The Kier molecular flexibility index (Phi) is 3.74. The number of piperidine rings is 1. The first-order chi connectivity index (χ1) is 9.63. The van der Waals surface area contributed by atoms with Gasteiger partial charge in [-0.2, -0.15) is 0 Å². The van der Waals surface area contributed by atoms with E-state index in [2.05, 4.69) is 15.1 Å². The first kappa shape index (κ1) is 13.5. The van der Waals surface area contributed by atoms with E-state index in [4.69, 9.17) is 4.42 Å². The van der Waals surface area contributed by atoms with Crippen molar-refractivity contribution in [3.05, 3.63) is 11.8 Å². The zero-order valence-corrected chi connectivity index (χ0v) is 12.2. The molecule has 20 heavy (non-hydrogen) atoms. The highest BCUT2D eigenvalue weighted by atomic mass is 16.4. The minimum absolute atomic E-state index is 0.0681. The summed E-state index contributed by atoms with van der Waals surface area (Å²) >= 11 is 0. The fraction of sp³-hybridized carbons (Fsp3) is 0.786. The second kappa shape index (κ2) is 5.52. The van der Waals surface area contributed by atoms with E-state index in [0.717, 1.165) is 32.0 Å². The van der Waals surface area contributed by atoms with Crippen LogP contribution in [0, 0.1) is 6.92 Å². The number of amides is 1. The summed E-state index contributed by atoms with van der Waals surface area (Å²) in [6.45, 7) is 3.97. The van der Waals surface area contributed by atoms with Crippen LogP contribution in [0.15, 0.2) is 4.42 Å². The molecule has 1 amide bonds. The van der Waals surface area contributed by atoms with Crippen molar-refractivity contribution in [1.29, 1.82) is 0 Å². The van der Waals surface area contributed by atoms with Gasteiger partial charge >= 0.3 is 0 Å². The van der Waals surface area contributed by atoms with Crippen LogP contribution in [0.5, 0.6) is 0 Å². The number of aromatic nitrogens is 2. The maximum Gasteiger partial charge on any atom is 0.231 e. The minimum atomic E-state index is 0.0681. The van der Waals surface area contributed by atoms with Crippen LogP contribution in [0.2, 0.25) is 0 Å². The Bertz CT molecular complexity index is 475. The predicted molar refractivity (Wildman–Crippen MR) is 73.1 cm³/mol. The van der Waals surface area contributed by atoms with Crippen LogP contribution in [-0.4, -0.2) is 58.1 Å². The molecule has 2 heterocycles. The second-order valence-corrected chi connectivity index (χ2v) is 5.89. The number of likely N-dealkylation sites (tertiary alicyclic amines) is 1. The fourth-order valence-electron chi connectivity index (χ4n) is 2.94. The largest absolute Gasteiger partial charge is 0.425 e. The van der Waals surface area contributed by atoms with Crippen molar-refractivity contribution in [3.8, 4) is 0 Å². The third-order valence-corrected chi connectivity index (χ3v) is 4.37. The number of hydrogen-bond acceptors (Lipinski definition) is 5. The number of carbonyl (C=O) groups is 1. The van der Waals surface area contributed by atoms with E-state index < -0.39 is 0 Å². The smallest absolute Gasteiger partial charge is 0.231 e. The van der Waals surface area contributed by atoms with Gasteiger partial charge in [0.1, 0.15) is 6.42 Å². The lowest BCUT2D eigenvalue weighted by molar-refractivity contribution is -0.132. The first-order valence-corrected chi connectivity index (χ1v) is 7.42. The van der Waals surface area contributed by atoms with Gasteiger partial charge in [0.25, 0.3) is 0 Å². The Morgan fingerprint density at radius 2 is 2.00 bits per heavy atom. The second-order valence-electron chi connectivity index (χ2n) is 5.89. The Hall–Kier alpha value is -1.43. The summed E-state index contributed by atoms with van der Waals surface area (Å²) in [6.07, 6.45) is 5.06. The van der Waals surface area contributed by atoms with Gasteiger partial charge in [0.15, 0.2) is 0 Å². The molecule has 0 unspecified atom stereocenters. The van der Waals surface area contributed by atoms with Crippen LogP contribution in [0.3, 0.4) is 0 Å². The predicted octanol–water partition coefficient (Wildman–Crippen LogP) is 1.01. The number of nitrogens with zero attached hydrogens (tertiary/aromatic N) is 4. The molecule has 6 heteroatoms. The Balaban J connectivity index is 1.50. The summed E-state index contributed by atoms with van der Waals surface area (Å²) in [5.74, 6) is 0.987. The van der Waals surface area contributed by atoms with Gasteiger partial charge in [-0.3, -0.25) is 4.79 Å². The molecule has 1 aromatic heterocycles. The molecule has 0 atom stereocenters. The molecule has 0 aromatic carbocycles. The van der Waals surface area contributed by atoms with E-state index >= 15 is 0 Å². The van der Waals surface area contributed by atoms with Gasteiger partial charge in [0, 0.05) is 39.1 Å². The molecule has 1 aliphatic carbocycles. The average molecular weight is 278 g/mol. The van der Waals surface area contributed by atoms with Crippen LogP contribution in [-0.2, 0) is 11.2 Å². The monoisotopic (exact) mass is 278 g/mol. The minimum Gasteiger partial charge on any atom is -0.425 e. The average Bonchev–Trinajstić information content (AvgIpc) is 3.22. The molecule has 0 bridgehead atoms. The lowest BCUT2D eigenvalue weighted by Crippen LogP contribution is -2.46. The van der Waals surface area contributed by atoms with Crippen molar-refractivity contribution < 1.29 is 9.21 Å². The topological polar surface area (TPSA) is 62.5 Å². The zero-order chi connectivity index (χ0) is 14.1. The standard InChI is InChI=1S/C14H22N4O2/c1-10-15-16-13(20-10)9-14(19)17(2)11-5-7-18(8-6-11)12-3-4-12/h11-12H,3-9H2,1-2H3. The van der Waals surface area contributed by atoms with Crippen LogP contribution < -0.4 is 0 Å². The summed E-state index contributed by atoms with van der Waals surface area (Å²) in [7, 11) is 1.89. The van der Waals surface area contributed by atoms with E-state index in [1.54, 1.807) is 6.92 Å². The number of aryl methyl sites for hydroxylation is 1. The molecular formula is C14H22N4O2. The SMILES string of the molecule is Cc1nnc(CC(=O)N(C)C2CCN(C3CC3)CC2)o1. The number of rotatable bonds is 4. The van der Waals surface area contributed by atoms with E-state index in [-0.39, 0.29) is 12.3 Å². The maximum atomic E-state index is 12.2. The summed E-state index contributed by atoms with van der Waals surface area (Å²) in [6, 6.07) is 1.18. The normalized spacial score (nSPS) is 21.1. The van der Waals surface area contributed by atoms with Crippen LogP contribution in [0.25, 0.3) is 0 Å². The van der Waals surface area contributed by atoms with E-state index in [1.165, 1.54) is 12.8 Å². The van der Waals surface area contributed by atoms with Gasteiger partial charge in [-0.1, -0.05) is 0 Å². The number of likely N-dealkylation sites (N-methyl/N-ethyl adjacent to an activating group) is 1.